The third kappa shape index (κ3) is 2.34. The van der Waals surface area contributed by atoms with Crippen LogP contribution >= 0.6 is 0 Å². The third-order valence-corrected chi connectivity index (χ3v) is 3.77. The molecular formula is C14H20N2O. The first-order valence-corrected chi connectivity index (χ1v) is 6.12. The summed E-state index contributed by atoms with van der Waals surface area (Å²) in [5, 5.41) is 0. The number of amides is 1. The Morgan fingerprint density at radius 3 is 2.53 bits per heavy atom. The quantitative estimate of drug-likeness (QED) is 0.859. The second kappa shape index (κ2) is 4.49. The van der Waals surface area contributed by atoms with Crippen LogP contribution in [-0.2, 0) is 11.2 Å². The van der Waals surface area contributed by atoms with E-state index in [1.54, 1.807) is 0 Å². The first-order chi connectivity index (χ1) is 8.01. The fourth-order valence-electron chi connectivity index (χ4n) is 2.37. The van der Waals surface area contributed by atoms with E-state index in [0.29, 0.717) is 6.42 Å². The molecule has 1 aliphatic heterocycles. The zero-order chi connectivity index (χ0) is 12.5. The van der Waals surface area contributed by atoms with Gasteiger partial charge in [-0.1, -0.05) is 30.3 Å². The number of carbonyl (C=O) groups excluding carboxylic acids is 1. The summed E-state index contributed by atoms with van der Waals surface area (Å²) in [4.78, 5) is 13.8. The maximum absolute atomic E-state index is 11.9. The average molecular weight is 232 g/mol. The fourth-order valence-corrected chi connectivity index (χ4v) is 2.37. The molecule has 3 heteroatoms. The molecule has 1 aromatic carbocycles. The van der Waals surface area contributed by atoms with E-state index >= 15 is 0 Å². The zero-order valence-corrected chi connectivity index (χ0v) is 10.5. The maximum Gasteiger partial charge on any atom is 0.224 e. The van der Waals surface area contributed by atoms with E-state index in [2.05, 4.69) is 12.1 Å². The Labute approximate surface area is 103 Å². The molecule has 0 aliphatic carbocycles. The minimum Gasteiger partial charge on any atom is -0.336 e. The number of nitrogens with zero attached hydrogens (tertiary/aromatic N) is 1. The van der Waals surface area contributed by atoms with Crippen molar-refractivity contribution >= 4 is 5.91 Å². The van der Waals surface area contributed by atoms with Crippen LogP contribution in [0.25, 0.3) is 0 Å². The first-order valence-electron chi connectivity index (χ1n) is 6.12. The van der Waals surface area contributed by atoms with Crippen molar-refractivity contribution in [2.75, 3.05) is 6.54 Å². The number of nitrogens with two attached hydrogens (primary N) is 1. The highest BCUT2D eigenvalue weighted by Crippen LogP contribution is 2.28. The molecule has 1 saturated heterocycles. The molecule has 1 unspecified atom stereocenters. The second-order valence-electron chi connectivity index (χ2n) is 5.25. The monoisotopic (exact) mass is 232 g/mol. The highest BCUT2D eigenvalue weighted by molar-refractivity contribution is 5.80. The molecule has 0 radical (unpaired) electrons. The molecule has 0 aromatic heterocycles. The van der Waals surface area contributed by atoms with Crippen molar-refractivity contribution in [3.8, 4) is 0 Å². The lowest BCUT2D eigenvalue weighted by atomic mass is 9.96. The number of likely N-dealkylation sites (tertiary alicyclic amines) is 1. The lowest BCUT2D eigenvalue weighted by Gasteiger charge is -2.34. The van der Waals surface area contributed by atoms with Gasteiger partial charge in [0.15, 0.2) is 0 Å². The number of hydrogen-bond donors (Lipinski definition) is 1. The molecule has 1 atom stereocenters. The van der Waals surface area contributed by atoms with Crippen molar-refractivity contribution in [1.82, 2.24) is 4.90 Å². The smallest absolute Gasteiger partial charge is 0.224 e. The number of benzene rings is 1. The summed E-state index contributed by atoms with van der Waals surface area (Å²) in [7, 11) is 0. The Balaban J connectivity index is 2.02. The standard InChI is InChI=1S/C14H20N2O/c1-14(2)12(15)10-13(17)16(14)9-8-11-6-4-3-5-7-11/h3-7,12H,8-10,15H2,1-2H3. The van der Waals surface area contributed by atoms with E-state index < -0.39 is 0 Å². The maximum atomic E-state index is 11.9. The number of carbonyl (C=O) groups is 1. The highest BCUT2D eigenvalue weighted by Gasteiger charge is 2.43. The van der Waals surface area contributed by atoms with E-state index in [1.165, 1.54) is 5.56 Å². The van der Waals surface area contributed by atoms with Crippen LogP contribution in [0.2, 0.25) is 0 Å². The van der Waals surface area contributed by atoms with Crippen molar-refractivity contribution in [2.45, 2.75) is 38.3 Å². The summed E-state index contributed by atoms with van der Waals surface area (Å²) in [6.07, 6.45) is 1.37. The van der Waals surface area contributed by atoms with Gasteiger partial charge >= 0.3 is 0 Å². The Hall–Kier alpha value is -1.35. The van der Waals surface area contributed by atoms with Gasteiger partial charge in [-0.3, -0.25) is 4.79 Å². The SMILES string of the molecule is CC1(C)C(N)CC(=O)N1CCc1ccccc1. The lowest BCUT2D eigenvalue weighted by Crippen LogP contribution is -2.50. The first kappa shape index (κ1) is 12.1. The van der Waals surface area contributed by atoms with E-state index in [4.69, 9.17) is 5.73 Å². The molecule has 0 saturated carbocycles. The Bertz CT molecular complexity index is 400. The largest absolute Gasteiger partial charge is 0.336 e. The summed E-state index contributed by atoms with van der Waals surface area (Å²) in [6, 6.07) is 10.2. The van der Waals surface area contributed by atoms with Crippen LogP contribution in [0.1, 0.15) is 25.8 Å². The summed E-state index contributed by atoms with van der Waals surface area (Å²) >= 11 is 0. The van der Waals surface area contributed by atoms with Crippen LogP contribution in [0.3, 0.4) is 0 Å². The van der Waals surface area contributed by atoms with Crippen molar-refractivity contribution in [3.05, 3.63) is 35.9 Å². The Kier molecular flexibility index (Phi) is 3.20. The van der Waals surface area contributed by atoms with Crippen LogP contribution < -0.4 is 5.73 Å². The van der Waals surface area contributed by atoms with Crippen LogP contribution in [0, 0.1) is 0 Å². The van der Waals surface area contributed by atoms with Gasteiger partial charge in [-0.2, -0.15) is 0 Å². The molecule has 0 bridgehead atoms. The predicted molar refractivity (Wildman–Crippen MR) is 68.5 cm³/mol. The van der Waals surface area contributed by atoms with Crippen LogP contribution in [0.5, 0.6) is 0 Å². The van der Waals surface area contributed by atoms with Gasteiger partial charge in [0.1, 0.15) is 0 Å². The van der Waals surface area contributed by atoms with Crippen LogP contribution in [0.4, 0.5) is 0 Å². The molecule has 3 nitrogen and oxygen atoms in total. The van der Waals surface area contributed by atoms with Crippen molar-refractivity contribution in [3.63, 3.8) is 0 Å². The van der Waals surface area contributed by atoms with Gasteiger partial charge in [0, 0.05) is 19.0 Å². The third-order valence-electron chi connectivity index (χ3n) is 3.77. The molecule has 1 aromatic rings. The van der Waals surface area contributed by atoms with E-state index in [0.717, 1.165) is 13.0 Å². The Morgan fingerprint density at radius 1 is 1.35 bits per heavy atom. The molecule has 1 heterocycles. The van der Waals surface area contributed by atoms with Crippen molar-refractivity contribution < 1.29 is 4.79 Å². The van der Waals surface area contributed by atoms with Crippen LogP contribution in [0.15, 0.2) is 30.3 Å². The van der Waals surface area contributed by atoms with Crippen molar-refractivity contribution in [1.29, 1.82) is 0 Å². The average Bonchev–Trinajstić information content (AvgIpc) is 2.48. The number of hydrogen-bond acceptors (Lipinski definition) is 2. The Morgan fingerprint density at radius 2 is 2.00 bits per heavy atom. The minimum absolute atomic E-state index is 0.0502. The van der Waals surface area contributed by atoms with Gasteiger partial charge in [0.25, 0.3) is 0 Å². The molecule has 17 heavy (non-hydrogen) atoms. The van der Waals surface area contributed by atoms with Crippen molar-refractivity contribution in [2.24, 2.45) is 5.73 Å². The summed E-state index contributed by atoms with van der Waals surface area (Å²) < 4.78 is 0. The van der Waals surface area contributed by atoms with E-state index in [-0.39, 0.29) is 17.5 Å². The zero-order valence-electron chi connectivity index (χ0n) is 10.5. The normalized spacial score (nSPS) is 23.1. The summed E-state index contributed by atoms with van der Waals surface area (Å²) in [5.74, 6) is 0.179. The van der Waals surface area contributed by atoms with E-state index in [1.807, 2.05) is 36.9 Å². The number of rotatable bonds is 3. The molecule has 1 aliphatic rings. The van der Waals surface area contributed by atoms with Gasteiger partial charge in [-0.15, -0.1) is 0 Å². The lowest BCUT2D eigenvalue weighted by molar-refractivity contribution is -0.130. The molecule has 92 valence electrons. The van der Waals surface area contributed by atoms with Gasteiger partial charge in [0.05, 0.1) is 5.54 Å². The summed E-state index contributed by atoms with van der Waals surface area (Å²) in [6.45, 7) is 4.85. The molecule has 0 spiro atoms. The summed E-state index contributed by atoms with van der Waals surface area (Å²) in [5.41, 5.74) is 7.04. The second-order valence-corrected chi connectivity index (χ2v) is 5.25. The van der Waals surface area contributed by atoms with Gasteiger partial charge in [-0.05, 0) is 25.8 Å². The van der Waals surface area contributed by atoms with Crippen LogP contribution in [-0.4, -0.2) is 28.9 Å². The molecule has 1 amide bonds. The van der Waals surface area contributed by atoms with Gasteiger partial charge < -0.3 is 10.6 Å². The predicted octanol–water partition coefficient (Wildman–Crippen LogP) is 1.57. The molecule has 1 fully saturated rings. The minimum atomic E-state index is -0.216. The van der Waals surface area contributed by atoms with Gasteiger partial charge in [-0.25, -0.2) is 0 Å². The van der Waals surface area contributed by atoms with E-state index in [9.17, 15) is 4.79 Å². The molecular weight excluding hydrogens is 212 g/mol. The highest BCUT2D eigenvalue weighted by atomic mass is 16.2. The molecule has 2 N–H and O–H groups in total. The fraction of sp³-hybridized carbons (Fsp3) is 0.500. The molecule has 2 rings (SSSR count). The van der Waals surface area contributed by atoms with Gasteiger partial charge in [0.2, 0.25) is 5.91 Å². The topological polar surface area (TPSA) is 46.3 Å².